The van der Waals surface area contributed by atoms with E-state index in [0.717, 1.165) is 34.8 Å². The van der Waals surface area contributed by atoms with Crippen LogP contribution in [0.1, 0.15) is 36.9 Å². The summed E-state index contributed by atoms with van der Waals surface area (Å²) in [6.07, 6.45) is -0.196. The molecule has 0 fully saturated rings. The van der Waals surface area contributed by atoms with Crippen molar-refractivity contribution in [2.45, 2.75) is 44.3 Å². The standard InChI is InChI=1S/C21H25N3O2S/c1-5-24-20(16(3)26-19-12-10-18(25-4)11-13-19)22-23-21(24)27-14-17-9-7-6-8-15(17)2/h6-13,16H,5,14H2,1-4H3. The number of rotatable bonds is 8. The monoisotopic (exact) mass is 383 g/mol. The third-order valence-electron chi connectivity index (χ3n) is 4.42. The number of thioether (sulfide) groups is 1. The lowest BCUT2D eigenvalue weighted by molar-refractivity contribution is 0.209. The highest BCUT2D eigenvalue weighted by Crippen LogP contribution is 2.28. The molecule has 1 unspecified atom stereocenters. The van der Waals surface area contributed by atoms with Gasteiger partial charge < -0.3 is 14.0 Å². The van der Waals surface area contributed by atoms with Crippen molar-refractivity contribution in [2.24, 2.45) is 0 Å². The zero-order valence-corrected chi connectivity index (χ0v) is 17.0. The van der Waals surface area contributed by atoms with Gasteiger partial charge in [-0.15, -0.1) is 10.2 Å². The van der Waals surface area contributed by atoms with Crippen LogP contribution in [0.25, 0.3) is 0 Å². The Kier molecular flexibility index (Phi) is 6.40. The molecule has 1 atom stereocenters. The smallest absolute Gasteiger partial charge is 0.191 e. The Hall–Kier alpha value is -2.47. The summed E-state index contributed by atoms with van der Waals surface area (Å²) in [5.74, 6) is 3.30. The topological polar surface area (TPSA) is 49.2 Å². The summed E-state index contributed by atoms with van der Waals surface area (Å²) in [6, 6.07) is 16.0. The molecule has 1 heterocycles. The van der Waals surface area contributed by atoms with Gasteiger partial charge in [0.15, 0.2) is 17.1 Å². The SMILES string of the molecule is CCn1c(SCc2ccccc2C)nnc1C(C)Oc1ccc(OC)cc1. The summed E-state index contributed by atoms with van der Waals surface area (Å²) in [6.45, 7) is 7.03. The first-order valence-electron chi connectivity index (χ1n) is 9.03. The molecule has 0 saturated heterocycles. The van der Waals surface area contributed by atoms with Gasteiger partial charge in [0, 0.05) is 12.3 Å². The van der Waals surface area contributed by atoms with Crippen LogP contribution < -0.4 is 9.47 Å². The first-order chi connectivity index (χ1) is 13.1. The van der Waals surface area contributed by atoms with Crippen molar-refractivity contribution in [1.29, 1.82) is 0 Å². The number of ether oxygens (including phenoxy) is 2. The van der Waals surface area contributed by atoms with Crippen molar-refractivity contribution in [3.05, 3.63) is 65.5 Å². The van der Waals surface area contributed by atoms with Crippen molar-refractivity contribution in [1.82, 2.24) is 14.8 Å². The Morgan fingerprint density at radius 1 is 1.04 bits per heavy atom. The van der Waals surface area contributed by atoms with Gasteiger partial charge in [0.2, 0.25) is 0 Å². The first-order valence-corrected chi connectivity index (χ1v) is 10.0. The zero-order valence-electron chi connectivity index (χ0n) is 16.2. The van der Waals surface area contributed by atoms with Gasteiger partial charge in [-0.05, 0) is 56.2 Å². The van der Waals surface area contributed by atoms with E-state index in [-0.39, 0.29) is 6.10 Å². The lowest BCUT2D eigenvalue weighted by Gasteiger charge is -2.16. The van der Waals surface area contributed by atoms with E-state index >= 15 is 0 Å². The van der Waals surface area contributed by atoms with E-state index < -0.39 is 0 Å². The number of hydrogen-bond donors (Lipinski definition) is 0. The van der Waals surface area contributed by atoms with E-state index in [1.54, 1.807) is 18.9 Å². The van der Waals surface area contributed by atoms with Crippen molar-refractivity contribution >= 4 is 11.8 Å². The quantitative estimate of drug-likeness (QED) is 0.510. The van der Waals surface area contributed by atoms with Crippen LogP contribution in [0.5, 0.6) is 11.5 Å². The largest absolute Gasteiger partial charge is 0.497 e. The number of aryl methyl sites for hydroxylation is 1. The maximum Gasteiger partial charge on any atom is 0.191 e. The highest BCUT2D eigenvalue weighted by Gasteiger charge is 2.19. The van der Waals surface area contributed by atoms with Gasteiger partial charge in [-0.25, -0.2) is 0 Å². The Morgan fingerprint density at radius 2 is 1.74 bits per heavy atom. The van der Waals surface area contributed by atoms with Gasteiger partial charge in [0.25, 0.3) is 0 Å². The molecule has 3 rings (SSSR count). The normalized spacial score (nSPS) is 12.0. The molecule has 6 heteroatoms. The third kappa shape index (κ3) is 4.63. The van der Waals surface area contributed by atoms with Crippen LogP contribution in [-0.4, -0.2) is 21.9 Å². The van der Waals surface area contributed by atoms with Gasteiger partial charge in [0.1, 0.15) is 11.5 Å². The van der Waals surface area contributed by atoms with Crippen molar-refractivity contribution in [3.63, 3.8) is 0 Å². The van der Waals surface area contributed by atoms with Crippen LogP contribution >= 0.6 is 11.8 Å². The molecule has 0 N–H and O–H groups in total. The van der Waals surface area contributed by atoms with Crippen molar-refractivity contribution in [3.8, 4) is 11.5 Å². The van der Waals surface area contributed by atoms with Crippen molar-refractivity contribution in [2.75, 3.05) is 7.11 Å². The lowest BCUT2D eigenvalue weighted by atomic mass is 10.1. The second kappa shape index (κ2) is 8.95. The summed E-state index contributed by atoms with van der Waals surface area (Å²) in [5, 5.41) is 9.71. The maximum atomic E-state index is 6.05. The summed E-state index contributed by atoms with van der Waals surface area (Å²) >= 11 is 1.71. The van der Waals surface area contributed by atoms with E-state index in [1.165, 1.54) is 11.1 Å². The van der Waals surface area contributed by atoms with E-state index in [0.29, 0.717) is 0 Å². The number of nitrogens with zero attached hydrogens (tertiary/aromatic N) is 3. The number of aromatic nitrogens is 3. The molecule has 142 valence electrons. The van der Waals surface area contributed by atoms with Crippen molar-refractivity contribution < 1.29 is 9.47 Å². The minimum Gasteiger partial charge on any atom is -0.497 e. The predicted molar refractivity (Wildman–Crippen MR) is 108 cm³/mol. The van der Waals surface area contributed by atoms with Crippen LogP contribution in [-0.2, 0) is 12.3 Å². The fraction of sp³-hybridized carbons (Fsp3) is 0.333. The molecular formula is C21H25N3O2S. The molecule has 2 aromatic carbocycles. The molecule has 0 aliphatic heterocycles. The van der Waals surface area contributed by atoms with Gasteiger partial charge in [0.05, 0.1) is 7.11 Å². The average Bonchev–Trinajstić information content (AvgIpc) is 3.11. The van der Waals surface area contributed by atoms with Crippen LogP contribution in [0, 0.1) is 6.92 Å². The third-order valence-corrected chi connectivity index (χ3v) is 5.43. The number of benzene rings is 2. The second-order valence-corrected chi connectivity index (χ2v) is 7.18. The zero-order chi connectivity index (χ0) is 19.2. The molecule has 0 spiro atoms. The molecule has 0 amide bonds. The van der Waals surface area contributed by atoms with E-state index in [2.05, 4.69) is 52.9 Å². The fourth-order valence-corrected chi connectivity index (χ4v) is 3.92. The highest BCUT2D eigenvalue weighted by atomic mass is 32.2. The van der Waals surface area contributed by atoms with Gasteiger partial charge >= 0.3 is 0 Å². The van der Waals surface area contributed by atoms with Gasteiger partial charge in [-0.1, -0.05) is 36.0 Å². The van der Waals surface area contributed by atoms with Crippen LogP contribution in [0.3, 0.4) is 0 Å². The summed E-state index contributed by atoms with van der Waals surface area (Å²) in [4.78, 5) is 0. The molecule has 0 bridgehead atoms. The molecule has 0 saturated carbocycles. The minimum absolute atomic E-state index is 0.196. The van der Waals surface area contributed by atoms with Crippen LogP contribution in [0.15, 0.2) is 53.7 Å². The molecule has 5 nitrogen and oxygen atoms in total. The predicted octanol–water partition coefficient (Wildman–Crippen LogP) is 5.05. The first kappa shape index (κ1) is 19.3. The summed E-state index contributed by atoms with van der Waals surface area (Å²) in [7, 11) is 1.65. The van der Waals surface area contributed by atoms with E-state index in [1.807, 2.05) is 31.2 Å². The fourth-order valence-electron chi connectivity index (χ4n) is 2.83. The summed E-state index contributed by atoms with van der Waals surface area (Å²) < 4.78 is 13.4. The Balaban J connectivity index is 1.71. The maximum absolute atomic E-state index is 6.05. The van der Waals surface area contributed by atoms with Crippen LogP contribution in [0.4, 0.5) is 0 Å². The van der Waals surface area contributed by atoms with Crippen LogP contribution in [0.2, 0.25) is 0 Å². The van der Waals surface area contributed by atoms with E-state index in [4.69, 9.17) is 9.47 Å². The van der Waals surface area contributed by atoms with E-state index in [9.17, 15) is 0 Å². The number of hydrogen-bond acceptors (Lipinski definition) is 5. The lowest BCUT2D eigenvalue weighted by Crippen LogP contribution is -2.12. The Labute approximate surface area is 164 Å². The number of methoxy groups -OCH3 is 1. The minimum atomic E-state index is -0.196. The molecular weight excluding hydrogens is 358 g/mol. The Morgan fingerprint density at radius 3 is 2.41 bits per heavy atom. The molecule has 0 radical (unpaired) electrons. The summed E-state index contributed by atoms with van der Waals surface area (Å²) in [5.41, 5.74) is 2.61. The molecule has 1 aromatic heterocycles. The molecule has 27 heavy (non-hydrogen) atoms. The Bertz CT molecular complexity index is 877. The average molecular weight is 384 g/mol. The molecule has 0 aliphatic carbocycles. The molecule has 3 aromatic rings. The highest BCUT2D eigenvalue weighted by molar-refractivity contribution is 7.98. The van der Waals surface area contributed by atoms with Gasteiger partial charge in [-0.3, -0.25) is 0 Å². The second-order valence-electron chi connectivity index (χ2n) is 6.24. The van der Waals surface area contributed by atoms with Gasteiger partial charge in [-0.2, -0.15) is 0 Å². The molecule has 0 aliphatic rings.